The second-order valence-corrected chi connectivity index (χ2v) is 23.2. The van der Waals surface area contributed by atoms with Gasteiger partial charge in [-0.1, -0.05) is 103 Å². The molecule has 0 aliphatic carbocycles. The maximum absolute atomic E-state index is 4.81. The Kier molecular flexibility index (Phi) is 11.2. The Labute approximate surface area is 308 Å². The van der Waals surface area contributed by atoms with Crippen LogP contribution < -0.4 is 10.4 Å². The third-order valence-electron chi connectivity index (χ3n) is 10.3. The molecule has 0 radical (unpaired) electrons. The number of thiophene rings is 4. The summed E-state index contributed by atoms with van der Waals surface area (Å²) in [6.07, 6.45) is 16.6. The van der Waals surface area contributed by atoms with E-state index in [1.807, 2.05) is 22.7 Å². The number of rotatable bonds is 17. The van der Waals surface area contributed by atoms with Crippen LogP contribution in [-0.4, -0.2) is 16.8 Å². The average molecular weight is 745 g/mol. The van der Waals surface area contributed by atoms with Crippen LogP contribution in [0, 0.1) is 13.8 Å². The summed E-state index contributed by atoms with van der Waals surface area (Å²) in [5.41, 5.74) is 4.48. The second kappa shape index (κ2) is 15.5. The lowest BCUT2D eigenvalue weighted by molar-refractivity contribution is 0.616. The van der Waals surface area contributed by atoms with Crippen molar-refractivity contribution in [2.75, 3.05) is 0 Å². The van der Waals surface area contributed by atoms with Crippen LogP contribution in [0.2, 0.25) is 12.1 Å². The first-order chi connectivity index (χ1) is 23.5. The zero-order chi connectivity index (χ0) is 33.1. The van der Waals surface area contributed by atoms with Crippen molar-refractivity contribution in [2.24, 2.45) is 0 Å². The Morgan fingerprint density at radius 2 is 1.04 bits per heavy atom. The van der Waals surface area contributed by atoms with E-state index in [1.165, 1.54) is 141 Å². The molecule has 7 rings (SSSR count). The van der Waals surface area contributed by atoms with Crippen molar-refractivity contribution in [3.63, 3.8) is 0 Å². The van der Waals surface area contributed by atoms with Crippen molar-refractivity contribution in [1.29, 1.82) is 0 Å². The van der Waals surface area contributed by atoms with E-state index in [1.54, 1.807) is 20.1 Å². The van der Waals surface area contributed by atoms with Gasteiger partial charge in [-0.2, -0.15) is 8.75 Å². The predicted octanol–water partition coefficient (Wildman–Crippen LogP) is 13.8. The summed E-state index contributed by atoms with van der Waals surface area (Å²) in [5.74, 6) is 0. The third kappa shape index (κ3) is 6.87. The molecule has 0 unspecified atom stereocenters. The van der Waals surface area contributed by atoms with Crippen LogP contribution >= 0.6 is 57.1 Å². The largest absolute Gasteiger partial charge is 0.172 e. The Hall–Kier alpha value is -1.94. The van der Waals surface area contributed by atoms with Crippen LogP contribution in [-0.2, 0) is 0 Å². The van der Waals surface area contributed by atoms with E-state index in [-0.39, 0.29) is 0 Å². The first-order valence-corrected chi connectivity index (χ1v) is 24.6. The number of hydrogen-bond acceptors (Lipinski definition) is 7. The van der Waals surface area contributed by atoms with E-state index < -0.39 is 8.07 Å². The smallest absolute Gasteiger partial charge is 0.122 e. The van der Waals surface area contributed by atoms with Crippen molar-refractivity contribution in [3.05, 3.63) is 58.3 Å². The van der Waals surface area contributed by atoms with Gasteiger partial charge in [0.15, 0.2) is 0 Å². The number of aromatic nitrogens is 2. The molecule has 5 aromatic heterocycles. The van der Waals surface area contributed by atoms with E-state index in [0.29, 0.717) is 0 Å². The lowest BCUT2D eigenvalue weighted by Gasteiger charge is -2.29. The monoisotopic (exact) mass is 744 g/mol. The van der Waals surface area contributed by atoms with Crippen LogP contribution in [0.15, 0.2) is 48.5 Å². The number of hydrogen-bond donors (Lipinski definition) is 0. The summed E-state index contributed by atoms with van der Waals surface area (Å²) in [4.78, 5) is 11.5. The van der Waals surface area contributed by atoms with Crippen molar-refractivity contribution < 1.29 is 0 Å². The minimum Gasteiger partial charge on any atom is -0.172 e. The fraction of sp³-hybridized carbons (Fsp3) is 0.450. The van der Waals surface area contributed by atoms with Crippen LogP contribution in [0.4, 0.5) is 0 Å². The number of benzene rings is 1. The van der Waals surface area contributed by atoms with E-state index in [2.05, 4.69) is 98.9 Å². The third-order valence-corrected chi connectivity index (χ3v) is 21.1. The molecule has 0 spiro atoms. The number of nitrogens with zero attached hydrogens (tertiary/aromatic N) is 2. The molecule has 0 N–H and O–H groups in total. The molecule has 1 aliphatic heterocycles. The summed E-state index contributed by atoms with van der Waals surface area (Å²) in [6.45, 7) is 9.17. The minimum absolute atomic E-state index is 1.03. The van der Waals surface area contributed by atoms with Gasteiger partial charge in [-0.25, -0.2) is 0 Å². The lowest BCUT2D eigenvalue weighted by atomic mass is 10.1. The van der Waals surface area contributed by atoms with Gasteiger partial charge in [0.1, 0.15) is 19.1 Å². The molecule has 0 saturated heterocycles. The minimum atomic E-state index is -1.81. The molecule has 0 saturated carbocycles. The summed E-state index contributed by atoms with van der Waals surface area (Å²) in [5, 5.41) is 3.58. The number of aryl methyl sites for hydroxylation is 2. The maximum atomic E-state index is 4.81. The summed E-state index contributed by atoms with van der Waals surface area (Å²) in [7, 11) is -1.81. The molecule has 0 bridgehead atoms. The average Bonchev–Trinajstić information content (AvgIpc) is 3.93. The molecule has 6 heterocycles. The molecule has 1 aromatic carbocycles. The van der Waals surface area contributed by atoms with Gasteiger partial charge >= 0.3 is 0 Å². The predicted molar refractivity (Wildman–Crippen MR) is 222 cm³/mol. The van der Waals surface area contributed by atoms with Gasteiger partial charge in [0.25, 0.3) is 0 Å². The first-order valence-electron chi connectivity index (χ1n) is 18.2. The highest BCUT2D eigenvalue weighted by atomic mass is 32.1. The lowest BCUT2D eigenvalue weighted by Crippen LogP contribution is -2.54. The zero-order valence-electron chi connectivity index (χ0n) is 29.0. The van der Waals surface area contributed by atoms with Gasteiger partial charge < -0.3 is 0 Å². The molecule has 0 fully saturated rings. The van der Waals surface area contributed by atoms with Crippen molar-refractivity contribution in [2.45, 2.75) is 117 Å². The van der Waals surface area contributed by atoms with Gasteiger partial charge in [-0.3, -0.25) is 0 Å². The van der Waals surface area contributed by atoms with Crippen molar-refractivity contribution in [1.82, 2.24) is 8.75 Å². The maximum Gasteiger partial charge on any atom is 0.122 e. The van der Waals surface area contributed by atoms with Crippen LogP contribution in [0.25, 0.3) is 51.4 Å². The quantitative estimate of drug-likeness (QED) is 0.0686. The highest BCUT2D eigenvalue weighted by molar-refractivity contribution is 7.32. The topological polar surface area (TPSA) is 25.8 Å². The standard InChI is InChI=1S/C40H48N2S5Si/c1-5-7-9-11-13-15-23-48(24-16-14-12-10-8-6-2)35-25-28(4)44-39(35)40-36(48)26-34(46-40)33-22-21-32(45-33)30-19-18-29(31-20-17-27(3)43-31)37-38(30)42-47-41-37/h17-22,25-26H,5-16,23-24H2,1-4H3. The van der Waals surface area contributed by atoms with Crippen LogP contribution in [0.3, 0.4) is 0 Å². The molecule has 0 atom stereocenters. The van der Waals surface area contributed by atoms with Gasteiger partial charge in [0.2, 0.25) is 0 Å². The number of unbranched alkanes of at least 4 members (excludes halogenated alkanes) is 10. The normalized spacial score (nSPS) is 13.5. The van der Waals surface area contributed by atoms with Crippen molar-refractivity contribution in [3.8, 4) is 40.4 Å². The van der Waals surface area contributed by atoms with E-state index >= 15 is 0 Å². The van der Waals surface area contributed by atoms with E-state index in [9.17, 15) is 0 Å². The van der Waals surface area contributed by atoms with Crippen LogP contribution in [0.1, 0.15) is 101 Å². The van der Waals surface area contributed by atoms with Gasteiger partial charge in [-0.15, -0.1) is 45.3 Å². The van der Waals surface area contributed by atoms with Gasteiger partial charge in [0.05, 0.1) is 11.7 Å². The Morgan fingerprint density at radius 1 is 0.500 bits per heavy atom. The van der Waals surface area contributed by atoms with Gasteiger partial charge in [-0.05, 0) is 72.7 Å². The molecule has 8 heteroatoms. The fourth-order valence-electron chi connectivity index (χ4n) is 7.76. The van der Waals surface area contributed by atoms with E-state index in [4.69, 9.17) is 8.75 Å². The van der Waals surface area contributed by atoms with Crippen molar-refractivity contribution >= 4 is 86.6 Å². The zero-order valence-corrected chi connectivity index (χ0v) is 34.0. The molecular weight excluding hydrogens is 697 g/mol. The summed E-state index contributed by atoms with van der Waals surface area (Å²) in [6, 6.07) is 21.8. The Bertz CT molecular complexity index is 1950. The first kappa shape index (κ1) is 34.5. The second-order valence-electron chi connectivity index (χ2n) is 13.8. The fourth-order valence-corrected chi connectivity index (χ4v) is 19.7. The Balaban J connectivity index is 1.20. The van der Waals surface area contributed by atoms with E-state index in [0.717, 1.165) is 11.0 Å². The molecule has 0 amide bonds. The SMILES string of the molecule is CCCCCCCC[Si]1(CCCCCCCC)c2cc(C)sc2-c2sc(-c3ccc(-c4ccc(-c5ccc(C)s5)c5nsnc45)s3)cc21. The molecular formula is C40H48N2S5Si. The molecule has 252 valence electrons. The molecule has 6 aromatic rings. The molecule has 2 nitrogen and oxygen atoms in total. The highest BCUT2D eigenvalue weighted by Gasteiger charge is 2.47. The Morgan fingerprint density at radius 3 is 1.67 bits per heavy atom. The van der Waals surface area contributed by atoms with Gasteiger partial charge in [0, 0.05) is 50.1 Å². The summed E-state index contributed by atoms with van der Waals surface area (Å²) >= 11 is 9.25. The highest BCUT2D eigenvalue weighted by Crippen LogP contribution is 2.48. The summed E-state index contributed by atoms with van der Waals surface area (Å²) < 4.78 is 9.58. The van der Waals surface area contributed by atoms with Crippen LogP contribution in [0.5, 0.6) is 0 Å². The number of fused-ring (bicyclic) bond motifs is 4. The molecule has 48 heavy (non-hydrogen) atoms. The molecule has 1 aliphatic rings.